The number of hydrogen-bond donors (Lipinski definition) is 2. The number of carboxylic acids is 1. The number of nitrogens with one attached hydrogen (secondary N) is 1. The van der Waals surface area contributed by atoms with E-state index < -0.39 is 11.9 Å². The van der Waals surface area contributed by atoms with Gasteiger partial charge in [-0.25, -0.2) is 4.39 Å². The van der Waals surface area contributed by atoms with Crippen LogP contribution in [0.1, 0.15) is 12.5 Å². The lowest BCUT2D eigenvalue weighted by Crippen LogP contribution is -2.17. The predicted octanol–water partition coefficient (Wildman–Crippen LogP) is 3.54. The molecule has 2 N–H and O–H groups in total. The van der Waals surface area contributed by atoms with Gasteiger partial charge >= 0.3 is 5.97 Å². The van der Waals surface area contributed by atoms with Crippen LogP contribution < -0.4 is 10.1 Å². The van der Waals surface area contributed by atoms with Crippen molar-refractivity contribution in [2.24, 2.45) is 5.92 Å². The Labute approximate surface area is 128 Å². The molecule has 0 aliphatic carbocycles. The third kappa shape index (κ3) is 4.77. The number of rotatable bonds is 7. The van der Waals surface area contributed by atoms with Gasteiger partial charge in [0.25, 0.3) is 0 Å². The van der Waals surface area contributed by atoms with E-state index in [0.29, 0.717) is 12.3 Å². The van der Waals surface area contributed by atoms with Crippen molar-refractivity contribution in [3.8, 4) is 5.75 Å². The molecule has 1 unspecified atom stereocenters. The molecular weight excluding hydrogens is 285 g/mol. The number of anilines is 1. The molecular formula is C17H18FNO3. The minimum Gasteiger partial charge on any atom is -0.493 e. The minimum atomic E-state index is -0.881. The van der Waals surface area contributed by atoms with Crippen LogP contribution in [0.3, 0.4) is 0 Å². The molecule has 0 aromatic heterocycles. The van der Waals surface area contributed by atoms with Crippen LogP contribution in [0.15, 0.2) is 48.5 Å². The van der Waals surface area contributed by atoms with E-state index in [1.807, 2.05) is 18.2 Å². The first-order valence-electron chi connectivity index (χ1n) is 6.98. The Balaban J connectivity index is 1.85. The number of hydrogen-bond acceptors (Lipinski definition) is 3. The van der Waals surface area contributed by atoms with E-state index in [0.717, 1.165) is 11.3 Å². The molecule has 4 nitrogen and oxygen atoms in total. The smallest absolute Gasteiger partial charge is 0.309 e. The lowest BCUT2D eigenvalue weighted by molar-refractivity contribution is -0.142. The van der Waals surface area contributed by atoms with E-state index in [1.165, 1.54) is 12.1 Å². The van der Waals surface area contributed by atoms with Crippen LogP contribution in [-0.2, 0) is 11.3 Å². The molecule has 0 saturated carbocycles. The minimum absolute atomic E-state index is 0.130. The summed E-state index contributed by atoms with van der Waals surface area (Å²) in [4.78, 5) is 10.7. The number of ether oxygens (including phenoxy) is 1. The highest BCUT2D eigenvalue weighted by Gasteiger charge is 2.11. The molecule has 2 rings (SSSR count). The fraction of sp³-hybridized carbons (Fsp3) is 0.235. The van der Waals surface area contributed by atoms with Crippen molar-refractivity contribution in [3.05, 3.63) is 59.9 Å². The van der Waals surface area contributed by atoms with Crippen molar-refractivity contribution >= 4 is 11.7 Å². The summed E-state index contributed by atoms with van der Waals surface area (Å²) < 4.78 is 18.5. The summed E-state index contributed by atoms with van der Waals surface area (Å²) in [6, 6.07) is 13.6. The molecule has 0 heterocycles. The maximum absolute atomic E-state index is 13.1. The SMILES string of the molecule is CC(COc1ccc(NCc2cccc(F)c2)cc1)C(=O)O. The molecule has 22 heavy (non-hydrogen) atoms. The first kappa shape index (κ1) is 15.8. The normalized spacial score (nSPS) is 11.7. The Morgan fingerprint density at radius 3 is 2.64 bits per heavy atom. The van der Waals surface area contributed by atoms with Crippen molar-refractivity contribution in [2.45, 2.75) is 13.5 Å². The third-order valence-corrected chi connectivity index (χ3v) is 3.16. The summed E-state index contributed by atoms with van der Waals surface area (Å²) in [5.41, 5.74) is 1.73. The summed E-state index contributed by atoms with van der Waals surface area (Å²) in [6.07, 6.45) is 0. The van der Waals surface area contributed by atoms with Gasteiger partial charge < -0.3 is 15.2 Å². The monoisotopic (exact) mass is 303 g/mol. The van der Waals surface area contributed by atoms with Gasteiger partial charge in [0, 0.05) is 12.2 Å². The largest absolute Gasteiger partial charge is 0.493 e. The number of benzene rings is 2. The van der Waals surface area contributed by atoms with Crippen LogP contribution in [0.2, 0.25) is 0 Å². The second kappa shape index (κ2) is 7.45. The number of carboxylic acid groups (broad SMARTS) is 1. The predicted molar refractivity (Wildman–Crippen MR) is 82.5 cm³/mol. The van der Waals surface area contributed by atoms with Gasteiger partial charge in [0.05, 0.1) is 5.92 Å². The topological polar surface area (TPSA) is 58.6 Å². The Morgan fingerprint density at radius 2 is 2.00 bits per heavy atom. The van der Waals surface area contributed by atoms with Crippen LogP contribution in [0.4, 0.5) is 10.1 Å². The Hall–Kier alpha value is -2.56. The second-order valence-corrected chi connectivity index (χ2v) is 5.06. The Morgan fingerprint density at radius 1 is 1.27 bits per heavy atom. The van der Waals surface area contributed by atoms with Crippen LogP contribution in [-0.4, -0.2) is 17.7 Å². The number of aliphatic carboxylic acids is 1. The van der Waals surface area contributed by atoms with Crippen molar-refractivity contribution in [2.75, 3.05) is 11.9 Å². The van der Waals surface area contributed by atoms with Gasteiger partial charge in [-0.05, 0) is 48.9 Å². The lowest BCUT2D eigenvalue weighted by Gasteiger charge is -2.11. The fourth-order valence-electron chi connectivity index (χ4n) is 1.81. The average Bonchev–Trinajstić information content (AvgIpc) is 2.51. The molecule has 0 saturated heterocycles. The molecule has 5 heteroatoms. The van der Waals surface area contributed by atoms with Gasteiger partial charge in [-0.2, -0.15) is 0 Å². The van der Waals surface area contributed by atoms with Crippen molar-refractivity contribution in [1.29, 1.82) is 0 Å². The lowest BCUT2D eigenvalue weighted by atomic mass is 10.2. The van der Waals surface area contributed by atoms with Crippen LogP contribution in [0, 0.1) is 11.7 Å². The van der Waals surface area contributed by atoms with E-state index in [4.69, 9.17) is 9.84 Å². The highest BCUT2D eigenvalue weighted by Crippen LogP contribution is 2.17. The summed E-state index contributed by atoms with van der Waals surface area (Å²) in [7, 11) is 0. The van der Waals surface area contributed by atoms with E-state index in [9.17, 15) is 9.18 Å². The Bertz CT molecular complexity index is 628. The number of carbonyl (C=O) groups is 1. The van der Waals surface area contributed by atoms with Gasteiger partial charge in [-0.15, -0.1) is 0 Å². The van der Waals surface area contributed by atoms with Crippen molar-refractivity contribution in [1.82, 2.24) is 0 Å². The molecule has 0 spiro atoms. The zero-order valence-corrected chi connectivity index (χ0v) is 12.3. The highest BCUT2D eigenvalue weighted by molar-refractivity contribution is 5.69. The zero-order valence-electron chi connectivity index (χ0n) is 12.3. The quantitative estimate of drug-likeness (QED) is 0.821. The summed E-state index contributed by atoms with van der Waals surface area (Å²) >= 11 is 0. The zero-order chi connectivity index (χ0) is 15.9. The van der Waals surface area contributed by atoms with Crippen LogP contribution >= 0.6 is 0 Å². The molecule has 0 bridgehead atoms. The van der Waals surface area contributed by atoms with E-state index in [-0.39, 0.29) is 12.4 Å². The standard InChI is InChI=1S/C17H18FNO3/c1-12(17(20)21)11-22-16-7-5-15(6-8-16)19-10-13-3-2-4-14(18)9-13/h2-9,12,19H,10-11H2,1H3,(H,20,21). The van der Waals surface area contributed by atoms with Gasteiger partial charge in [-0.3, -0.25) is 4.79 Å². The van der Waals surface area contributed by atoms with Crippen molar-refractivity contribution < 1.29 is 19.0 Å². The molecule has 0 fully saturated rings. The summed E-state index contributed by atoms with van der Waals surface area (Å²) in [5.74, 6) is -1.07. The maximum atomic E-state index is 13.1. The molecule has 1 atom stereocenters. The van der Waals surface area contributed by atoms with Crippen LogP contribution in [0.25, 0.3) is 0 Å². The number of halogens is 1. The first-order valence-corrected chi connectivity index (χ1v) is 6.98. The van der Waals surface area contributed by atoms with Crippen LogP contribution in [0.5, 0.6) is 5.75 Å². The van der Waals surface area contributed by atoms with E-state index >= 15 is 0 Å². The molecule has 0 aliphatic rings. The molecule has 0 amide bonds. The van der Waals surface area contributed by atoms with Gasteiger partial charge in [0.15, 0.2) is 0 Å². The molecule has 0 radical (unpaired) electrons. The summed E-state index contributed by atoms with van der Waals surface area (Å²) in [5, 5.41) is 12.0. The molecule has 2 aromatic rings. The van der Waals surface area contributed by atoms with Gasteiger partial charge in [0.2, 0.25) is 0 Å². The molecule has 116 valence electrons. The van der Waals surface area contributed by atoms with E-state index in [2.05, 4.69) is 5.32 Å². The second-order valence-electron chi connectivity index (χ2n) is 5.06. The van der Waals surface area contributed by atoms with Crippen molar-refractivity contribution in [3.63, 3.8) is 0 Å². The Kier molecular flexibility index (Phi) is 5.36. The average molecular weight is 303 g/mol. The fourth-order valence-corrected chi connectivity index (χ4v) is 1.81. The highest BCUT2D eigenvalue weighted by atomic mass is 19.1. The molecule has 2 aromatic carbocycles. The maximum Gasteiger partial charge on any atom is 0.309 e. The molecule has 0 aliphatic heterocycles. The third-order valence-electron chi connectivity index (χ3n) is 3.16. The first-order chi connectivity index (χ1) is 10.5. The summed E-state index contributed by atoms with van der Waals surface area (Å²) in [6.45, 7) is 2.25. The van der Waals surface area contributed by atoms with E-state index in [1.54, 1.807) is 25.1 Å². The van der Waals surface area contributed by atoms with Gasteiger partial charge in [-0.1, -0.05) is 12.1 Å². The van der Waals surface area contributed by atoms with Gasteiger partial charge in [0.1, 0.15) is 18.2 Å².